The zero-order valence-electron chi connectivity index (χ0n) is 23.4. The van der Waals surface area contributed by atoms with E-state index in [1.807, 2.05) is 48.4 Å². The van der Waals surface area contributed by atoms with E-state index in [0.717, 1.165) is 58.4 Å². The van der Waals surface area contributed by atoms with Gasteiger partial charge in [0, 0.05) is 37.2 Å². The number of fused-ring (bicyclic) bond motifs is 1. The van der Waals surface area contributed by atoms with Crippen molar-refractivity contribution in [1.82, 2.24) is 29.3 Å². The molecule has 40 heavy (non-hydrogen) atoms. The normalized spacial score (nSPS) is 25.2. The zero-order chi connectivity index (χ0) is 27.9. The van der Waals surface area contributed by atoms with Crippen molar-refractivity contribution in [2.45, 2.75) is 64.4 Å². The number of imidazole rings is 1. The van der Waals surface area contributed by atoms with E-state index in [1.54, 1.807) is 18.5 Å². The molecule has 3 aliphatic rings. The highest BCUT2D eigenvalue weighted by Crippen LogP contribution is 2.41. The van der Waals surface area contributed by atoms with Crippen molar-refractivity contribution in [2.75, 3.05) is 38.0 Å². The number of amides is 2. The van der Waals surface area contributed by atoms with Gasteiger partial charge in [-0.25, -0.2) is 19.7 Å². The van der Waals surface area contributed by atoms with Crippen molar-refractivity contribution in [1.29, 1.82) is 0 Å². The molecule has 1 spiro atoms. The van der Waals surface area contributed by atoms with Gasteiger partial charge in [-0.3, -0.25) is 9.36 Å². The molecular formula is C29H37N7O4. The van der Waals surface area contributed by atoms with E-state index in [1.165, 1.54) is 6.33 Å². The van der Waals surface area contributed by atoms with E-state index < -0.39 is 5.60 Å². The summed E-state index contributed by atoms with van der Waals surface area (Å²) in [6.45, 7) is 10.1. The Kier molecular flexibility index (Phi) is 6.95. The van der Waals surface area contributed by atoms with Crippen LogP contribution in [-0.2, 0) is 9.47 Å². The summed E-state index contributed by atoms with van der Waals surface area (Å²) in [5.74, 6) is 0.138. The van der Waals surface area contributed by atoms with E-state index in [9.17, 15) is 9.59 Å². The summed E-state index contributed by atoms with van der Waals surface area (Å²) in [6, 6.07) is 9.02. The Morgan fingerprint density at radius 1 is 1.07 bits per heavy atom. The molecule has 0 saturated carbocycles. The first kappa shape index (κ1) is 26.6. The second kappa shape index (κ2) is 10.4. The fourth-order valence-electron chi connectivity index (χ4n) is 6.17. The van der Waals surface area contributed by atoms with Crippen molar-refractivity contribution in [3.63, 3.8) is 0 Å². The van der Waals surface area contributed by atoms with Crippen LogP contribution in [0.15, 0.2) is 43.0 Å². The Labute approximate surface area is 233 Å². The number of likely N-dealkylation sites (tertiary alicyclic amines) is 2. The molecule has 1 aromatic carbocycles. The number of aromatic nitrogens is 4. The fraction of sp³-hybridized carbons (Fsp3) is 0.552. The molecule has 5 heterocycles. The average molecular weight is 548 g/mol. The second-order valence-electron chi connectivity index (χ2n) is 12.3. The van der Waals surface area contributed by atoms with Crippen molar-refractivity contribution in [3.8, 4) is 0 Å². The Morgan fingerprint density at radius 2 is 1.88 bits per heavy atom. The number of hydrogen-bond donors (Lipinski definition) is 1. The Hall–Kier alpha value is -3.57. The fourth-order valence-corrected chi connectivity index (χ4v) is 6.17. The number of hydrogen-bond acceptors (Lipinski definition) is 8. The summed E-state index contributed by atoms with van der Waals surface area (Å²) in [7, 11) is 0. The largest absolute Gasteiger partial charge is 0.444 e. The molecular weight excluding hydrogens is 510 g/mol. The van der Waals surface area contributed by atoms with Crippen molar-refractivity contribution < 1.29 is 19.1 Å². The van der Waals surface area contributed by atoms with Gasteiger partial charge in [0.25, 0.3) is 5.91 Å². The molecule has 0 aliphatic carbocycles. The third-order valence-corrected chi connectivity index (χ3v) is 8.09. The molecule has 2 aromatic heterocycles. The average Bonchev–Trinajstić information content (AvgIpc) is 3.72. The van der Waals surface area contributed by atoms with Gasteiger partial charge in [0.1, 0.15) is 18.2 Å². The maximum absolute atomic E-state index is 12.7. The highest BCUT2D eigenvalue weighted by molar-refractivity contribution is 6.06. The maximum Gasteiger partial charge on any atom is 0.410 e. The van der Waals surface area contributed by atoms with Crippen LogP contribution < -0.4 is 5.32 Å². The van der Waals surface area contributed by atoms with Crippen molar-refractivity contribution in [2.24, 2.45) is 5.41 Å². The summed E-state index contributed by atoms with van der Waals surface area (Å²) in [5.41, 5.74) is 1.39. The zero-order valence-corrected chi connectivity index (χ0v) is 23.4. The molecule has 11 nitrogen and oxygen atoms in total. The minimum atomic E-state index is -0.477. The van der Waals surface area contributed by atoms with Crippen LogP contribution in [-0.4, -0.2) is 85.7 Å². The second-order valence-corrected chi connectivity index (χ2v) is 12.3. The Morgan fingerprint density at radius 3 is 2.67 bits per heavy atom. The lowest BCUT2D eigenvalue weighted by molar-refractivity contribution is -0.0101. The summed E-state index contributed by atoms with van der Waals surface area (Å²) in [4.78, 5) is 42.8. The summed E-state index contributed by atoms with van der Waals surface area (Å²) >= 11 is 0. The van der Waals surface area contributed by atoms with Crippen LogP contribution in [0.2, 0.25) is 0 Å². The van der Waals surface area contributed by atoms with E-state index in [4.69, 9.17) is 9.47 Å². The van der Waals surface area contributed by atoms with Crippen LogP contribution >= 0.6 is 0 Å². The van der Waals surface area contributed by atoms with Gasteiger partial charge in [-0.15, -0.1) is 0 Å². The lowest BCUT2D eigenvalue weighted by atomic mass is 9.86. The van der Waals surface area contributed by atoms with E-state index >= 15 is 0 Å². The molecule has 3 saturated heterocycles. The van der Waals surface area contributed by atoms with Gasteiger partial charge in [-0.05, 0) is 65.1 Å². The first-order chi connectivity index (χ1) is 19.2. The molecule has 212 valence electrons. The molecule has 3 unspecified atom stereocenters. The summed E-state index contributed by atoms with van der Waals surface area (Å²) in [5, 5.41) is 2.86. The Balaban J connectivity index is 1.05. The van der Waals surface area contributed by atoms with E-state index in [-0.39, 0.29) is 29.7 Å². The third-order valence-electron chi connectivity index (χ3n) is 8.09. The molecule has 1 N–H and O–H groups in total. The van der Waals surface area contributed by atoms with Gasteiger partial charge in [-0.1, -0.05) is 18.2 Å². The van der Waals surface area contributed by atoms with Crippen molar-refractivity contribution >= 4 is 29.0 Å². The molecule has 3 atom stereocenters. The minimum absolute atomic E-state index is 0.111. The Bertz CT molecular complexity index is 1390. The van der Waals surface area contributed by atoms with E-state index in [0.29, 0.717) is 22.5 Å². The SMILES string of the molecule is CC(C)(C)OC(=O)N1CCC2(CCN(CC3CCC(n4cnc5c(NC(=O)c6ccccc6)ncnc54)O3)C2)C1. The lowest BCUT2D eigenvalue weighted by Crippen LogP contribution is -2.38. The van der Waals surface area contributed by atoms with Crippen LogP contribution in [0.3, 0.4) is 0 Å². The first-order valence-corrected chi connectivity index (χ1v) is 14.1. The molecule has 0 radical (unpaired) electrons. The van der Waals surface area contributed by atoms with Crippen LogP contribution in [0, 0.1) is 5.41 Å². The number of nitrogens with zero attached hydrogens (tertiary/aromatic N) is 6. The van der Waals surface area contributed by atoms with Crippen LogP contribution in [0.1, 0.15) is 63.0 Å². The number of benzene rings is 1. The molecule has 3 aromatic rings. The molecule has 2 amide bonds. The molecule has 3 aliphatic heterocycles. The molecule has 0 bridgehead atoms. The number of carbonyl (C=O) groups excluding carboxylic acids is 2. The predicted octanol–water partition coefficient (Wildman–Crippen LogP) is 4.09. The minimum Gasteiger partial charge on any atom is -0.444 e. The smallest absolute Gasteiger partial charge is 0.410 e. The number of nitrogens with one attached hydrogen (secondary N) is 1. The number of ether oxygens (including phenoxy) is 2. The topological polar surface area (TPSA) is 115 Å². The van der Waals surface area contributed by atoms with Crippen LogP contribution in [0.25, 0.3) is 11.2 Å². The monoisotopic (exact) mass is 547 g/mol. The number of rotatable bonds is 5. The summed E-state index contributed by atoms with van der Waals surface area (Å²) in [6.07, 6.45) is 6.80. The quantitative estimate of drug-likeness (QED) is 0.508. The predicted molar refractivity (Wildman–Crippen MR) is 149 cm³/mol. The van der Waals surface area contributed by atoms with Gasteiger partial charge >= 0.3 is 6.09 Å². The maximum atomic E-state index is 12.7. The molecule has 11 heteroatoms. The van der Waals surface area contributed by atoms with E-state index in [2.05, 4.69) is 25.2 Å². The summed E-state index contributed by atoms with van der Waals surface area (Å²) < 4.78 is 14.0. The van der Waals surface area contributed by atoms with Crippen molar-refractivity contribution in [3.05, 3.63) is 48.5 Å². The first-order valence-electron chi connectivity index (χ1n) is 14.1. The third kappa shape index (κ3) is 5.53. The molecule has 6 rings (SSSR count). The standard InChI is InChI=1S/C29H37N7O4/c1-28(2,3)40-27(38)35-14-12-29(17-35)11-13-34(16-29)15-21-9-10-22(39-21)36-19-32-23-24(30-18-31-25(23)36)33-26(37)20-7-5-4-6-8-20/h4-8,18-19,21-22H,9-17H2,1-3H3,(H,30,31,33,37). The number of anilines is 1. The van der Waals surface area contributed by atoms with Gasteiger partial charge in [0.2, 0.25) is 0 Å². The van der Waals surface area contributed by atoms with Gasteiger partial charge in [0.05, 0.1) is 12.4 Å². The van der Waals surface area contributed by atoms with Gasteiger partial charge < -0.3 is 24.6 Å². The van der Waals surface area contributed by atoms with Gasteiger partial charge in [0.15, 0.2) is 17.0 Å². The number of carbonyl (C=O) groups is 2. The van der Waals surface area contributed by atoms with Gasteiger partial charge in [-0.2, -0.15) is 0 Å². The van der Waals surface area contributed by atoms with Crippen LogP contribution in [0.4, 0.5) is 10.6 Å². The lowest BCUT2D eigenvalue weighted by Gasteiger charge is -2.27. The van der Waals surface area contributed by atoms with Crippen LogP contribution in [0.5, 0.6) is 0 Å². The highest BCUT2D eigenvalue weighted by atomic mass is 16.6. The molecule has 3 fully saturated rings. The highest BCUT2D eigenvalue weighted by Gasteiger charge is 2.46.